The topological polar surface area (TPSA) is 160 Å². The number of aliphatic hydroxyl groups is 3. The molecule has 0 aromatic rings. The summed E-state index contributed by atoms with van der Waals surface area (Å²) in [5, 5.41) is 29.7. The summed E-state index contributed by atoms with van der Waals surface area (Å²) in [7, 11) is -4.47. The minimum Gasteiger partial charge on any atom is -0.466 e. The number of unbranched alkanes of at least 4 members (excludes halogenated alkanes) is 14. The van der Waals surface area contributed by atoms with Crippen LogP contribution in [0.5, 0.6) is 0 Å². The van der Waals surface area contributed by atoms with Crippen molar-refractivity contribution in [1.29, 1.82) is 0 Å². The van der Waals surface area contributed by atoms with Crippen molar-refractivity contribution in [3.8, 4) is 0 Å². The third-order valence-corrected chi connectivity index (χ3v) is 7.61. The third kappa shape index (κ3) is 19.8. The van der Waals surface area contributed by atoms with Crippen LogP contribution in [0.1, 0.15) is 116 Å². The summed E-state index contributed by atoms with van der Waals surface area (Å²) in [6.07, 6.45) is 11.7. The number of aliphatic hydroxyl groups excluding tert-OH is 3. The van der Waals surface area contributed by atoms with Gasteiger partial charge in [-0.05, 0) is 6.42 Å². The zero-order valence-electron chi connectivity index (χ0n) is 24.2. The molecule has 1 rings (SSSR count). The molecule has 0 aromatic carbocycles. The van der Waals surface area contributed by atoms with Crippen LogP contribution in [-0.4, -0.2) is 113 Å². The summed E-state index contributed by atoms with van der Waals surface area (Å²) >= 11 is 0. The number of hydrogen-bond acceptors (Lipinski definition) is 9. The van der Waals surface area contributed by atoms with Gasteiger partial charge in [0.1, 0.15) is 30.2 Å². The summed E-state index contributed by atoms with van der Waals surface area (Å²) in [4.78, 5) is 11.9. The maximum absolute atomic E-state index is 11.9. The third-order valence-electron chi connectivity index (χ3n) is 6.86. The van der Waals surface area contributed by atoms with Gasteiger partial charge < -0.3 is 29.5 Å². The number of rotatable bonds is 23. The second-order valence-corrected chi connectivity index (χ2v) is 11.9. The van der Waals surface area contributed by atoms with E-state index in [1.165, 1.54) is 77.0 Å². The zero-order valence-corrected chi connectivity index (χ0v) is 27.0. The smallest absolute Gasteiger partial charge is 0.305 e. The Morgan fingerprint density at radius 2 is 1.21 bits per heavy atom. The van der Waals surface area contributed by atoms with Crippen LogP contribution >= 0.6 is 0 Å². The molecule has 1 fully saturated rings. The average molecular weight is 592 g/mol. The minimum atomic E-state index is -4.47. The molecule has 0 aliphatic carbocycles. The van der Waals surface area contributed by atoms with E-state index < -0.39 is 46.6 Å². The van der Waals surface area contributed by atoms with Crippen molar-refractivity contribution in [2.45, 2.75) is 147 Å². The Hall–Kier alpha value is 0.180. The van der Waals surface area contributed by atoms with Crippen molar-refractivity contribution in [2.24, 2.45) is 0 Å². The predicted octanol–water partition coefficient (Wildman–Crippen LogP) is 3.51. The second kappa shape index (κ2) is 23.7. The molecule has 0 amide bonds. The van der Waals surface area contributed by atoms with Crippen LogP contribution in [0.25, 0.3) is 0 Å². The van der Waals surface area contributed by atoms with E-state index in [9.17, 15) is 28.5 Å². The Morgan fingerprint density at radius 3 is 1.69 bits per heavy atom. The SMILES string of the molecule is CCCCCCCCCCCCCCCCCC(=O)OCCCO[C@H]1O[C@H](CS(=O)(=O)O)[C@@H](O)[C@H](O)[C@H]1O.[Na]. The summed E-state index contributed by atoms with van der Waals surface area (Å²) in [5.41, 5.74) is 0. The first-order valence-electron chi connectivity index (χ1n) is 14.6. The minimum absolute atomic E-state index is 0. The van der Waals surface area contributed by atoms with Crippen LogP contribution in [0.4, 0.5) is 0 Å². The Bertz CT molecular complexity index is 709. The van der Waals surface area contributed by atoms with E-state index in [1.807, 2.05) is 0 Å². The molecule has 0 bridgehead atoms. The molecule has 1 saturated heterocycles. The van der Waals surface area contributed by atoms with Crippen LogP contribution in [0.2, 0.25) is 0 Å². The fourth-order valence-corrected chi connectivity index (χ4v) is 5.25. The van der Waals surface area contributed by atoms with Gasteiger partial charge in [0, 0.05) is 42.4 Å². The first-order valence-corrected chi connectivity index (χ1v) is 16.2. The number of carbonyl (C=O) groups excluding carboxylic acids is 1. The summed E-state index contributed by atoms with van der Waals surface area (Å²) in [6, 6.07) is 0. The van der Waals surface area contributed by atoms with Gasteiger partial charge in [0.2, 0.25) is 0 Å². The van der Waals surface area contributed by atoms with Crippen LogP contribution in [0.3, 0.4) is 0 Å². The summed E-state index contributed by atoms with van der Waals surface area (Å²) < 4.78 is 46.8. The van der Waals surface area contributed by atoms with Gasteiger partial charge in [0.05, 0.1) is 13.2 Å². The van der Waals surface area contributed by atoms with Gasteiger partial charge in [0.25, 0.3) is 10.1 Å². The fourth-order valence-electron chi connectivity index (χ4n) is 4.56. The van der Waals surface area contributed by atoms with E-state index in [2.05, 4.69) is 6.92 Å². The van der Waals surface area contributed by atoms with Gasteiger partial charge in [0.15, 0.2) is 6.29 Å². The number of carbonyl (C=O) groups is 1. The van der Waals surface area contributed by atoms with Gasteiger partial charge in [-0.1, -0.05) is 96.8 Å². The van der Waals surface area contributed by atoms with E-state index >= 15 is 0 Å². The largest absolute Gasteiger partial charge is 0.466 e. The molecule has 5 atom stereocenters. The molecule has 4 N–H and O–H groups in total. The molecule has 1 heterocycles. The van der Waals surface area contributed by atoms with Crippen molar-refractivity contribution >= 4 is 45.6 Å². The van der Waals surface area contributed by atoms with Gasteiger partial charge in [-0.2, -0.15) is 8.42 Å². The van der Waals surface area contributed by atoms with Crippen LogP contribution in [0, 0.1) is 0 Å². The van der Waals surface area contributed by atoms with E-state index in [4.69, 9.17) is 18.8 Å². The molecule has 0 spiro atoms. The molecule has 0 saturated carbocycles. The van der Waals surface area contributed by atoms with Gasteiger partial charge in [-0.15, -0.1) is 0 Å². The first kappa shape index (κ1) is 39.2. The normalized spacial score (nSPS) is 23.4. The maximum atomic E-state index is 11.9. The Labute approximate surface area is 257 Å². The fraction of sp³-hybridized carbons (Fsp3) is 0.963. The molecule has 12 heteroatoms. The van der Waals surface area contributed by atoms with E-state index in [0.717, 1.165) is 19.3 Å². The molecule has 10 nitrogen and oxygen atoms in total. The molecule has 1 aliphatic heterocycles. The van der Waals surface area contributed by atoms with Crippen molar-refractivity contribution in [1.82, 2.24) is 0 Å². The van der Waals surface area contributed by atoms with Crippen LogP contribution in [0.15, 0.2) is 0 Å². The Kier molecular flexibility index (Phi) is 23.8. The standard InChI is InChI=1S/C27H52O10S.Na/c1-2-3-4-5-6-7-8-9-10-11-12-13-14-15-16-18-23(28)35-19-17-20-36-27-26(31)25(30)24(29)22(37-27)21-38(32,33)34;/h22,24-27,29-31H,2-21H2,1H3,(H,32,33,34);/t22-,24-,25+,26-,27+;/m1./s1. The number of ether oxygens (including phenoxy) is 3. The maximum Gasteiger partial charge on any atom is 0.305 e. The molecule has 227 valence electrons. The molecule has 0 aromatic heterocycles. The summed E-state index contributed by atoms with van der Waals surface area (Å²) in [6.45, 7) is 2.37. The first-order chi connectivity index (χ1) is 18.2. The Morgan fingerprint density at radius 1 is 0.718 bits per heavy atom. The van der Waals surface area contributed by atoms with Crippen molar-refractivity contribution in [3.05, 3.63) is 0 Å². The second-order valence-electron chi connectivity index (χ2n) is 10.4. The Balaban J connectivity index is 0.0000144. The van der Waals surface area contributed by atoms with Gasteiger partial charge in [-0.3, -0.25) is 9.35 Å². The van der Waals surface area contributed by atoms with Crippen molar-refractivity contribution in [2.75, 3.05) is 19.0 Å². The quantitative estimate of drug-likeness (QED) is 0.0599. The van der Waals surface area contributed by atoms with Crippen LogP contribution < -0.4 is 0 Å². The summed E-state index contributed by atoms with van der Waals surface area (Å²) in [5.74, 6) is -1.23. The molecular formula is C27H52NaO10S. The van der Waals surface area contributed by atoms with Crippen LogP contribution in [-0.2, 0) is 29.1 Å². The van der Waals surface area contributed by atoms with E-state index in [-0.39, 0.29) is 48.7 Å². The van der Waals surface area contributed by atoms with Crippen molar-refractivity contribution < 1.29 is 47.3 Å². The number of hydrogen-bond donors (Lipinski definition) is 4. The molecular weight excluding hydrogens is 539 g/mol. The molecule has 1 radical (unpaired) electrons. The number of esters is 1. The van der Waals surface area contributed by atoms with Gasteiger partial charge >= 0.3 is 5.97 Å². The average Bonchev–Trinajstić information content (AvgIpc) is 2.86. The predicted molar refractivity (Wildman–Crippen MR) is 150 cm³/mol. The van der Waals surface area contributed by atoms with Gasteiger partial charge in [-0.25, -0.2) is 0 Å². The molecule has 1 aliphatic rings. The zero-order chi connectivity index (χ0) is 28.2. The molecule has 39 heavy (non-hydrogen) atoms. The molecule has 0 unspecified atom stereocenters. The van der Waals surface area contributed by atoms with E-state index in [1.54, 1.807) is 0 Å². The van der Waals surface area contributed by atoms with Crippen molar-refractivity contribution in [3.63, 3.8) is 0 Å². The monoisotopic (exact) mass is 591 g/mol. The van der Waals surface area contributed by atoms with E-state index in [0.29, 0.717) is 12.8 Å².